The number of nitrogens with zero attached hydrogens (tertiary/aromatic N) is 1. The van der Waals surface area contributed by atoms with Gasteiger partial charge in [0.25, 0.3) is 5.91 Å². The van der Waals surface area contributed by atoms with E-state index in [0.717, 1.165) is 18.8 Å². The number of ether oxygens (including phenoxy) is 1. The van der Waals surface area contributed by atoms with E-state index in [4.69, 9.17) is 4.74 Å². The lowest BCUT2D eigenvalue weighted by Crippen LogP contribution is -2.44. The van der Waals surface area contributed by atoms with Gasteiger partial charge in [0.05, 0.1) is 19.3 Å². The van der Waals surface area contributed by atoms with Crippen LogP contribution in [0.4, 0.5) is 0 Å². The number of carbonyl (C=O) groups is 2. The standard InChI is InChI=1S/C22H29N3O3/c1-14-6-5-7-18(12-14)19(25-8-10-28-11-9-25)13-23-22(27)21-15(2)20(17(4)26)16(3)24-21/h5-7,12,19,24H,8-11,13H2,1-4H3,(H,23,27). The summed E-state index contributed by atoms with van der Waals surface area (Å²) < 4.78 is 5.49. The predicted molar refractivity (Wildman–Crippen MR) is 109 cm³/mol. The Morgan fingerprint density at radius 2 is 1.93 bits per heavy atom. The lowest BCUT2D eigenvalue weighted by molar-refractivity contribution is 0.0162. The van der Waals surface area contributed by atoms with E-state index in [1.54, 1.807) is 0 Å². The Balaban J connectivity index is 1.79. The zero-order valence-electron chi connectivity index (χ0n) is 17.1. The summed E-state index contributed by atoms with van der Waals surface area (Å²) in [7, 11) is 0. The average molecular weight is 383 g/mol. The van der Waals surface area contributed by atoms with Crippen molar-refractivity contribution in [1.82, 2.24) is 15.2 Å². The van der Waals surface area contributed by atoms with E-state index in [1.165, 1.54) is 18.1 Å². The molecule has 1 unspecified atom stereocenters. The molecule has 1 saturated heterocycles. The zero-order chi connectivity index (χ0) is 20.3. The molecule has 150 valence electrons. The minimum atomic E-state index is -0.181. The summed E-state index contributed by atoms with van der Waals surface area (Å²) in [6, 6.07) is 8.49. The number of nitrogens with one attached hydrogen (secondary N) is 2. The van der Waals surface area contributed by atoms with Crippen molar-refractivity contribution in [2.24, 2.45) is 0 Å². The van der Waals surface area contributed by atoms with Crippen LogP contribution in [0.1, 0.15) is 56.2 Å². The number of aryl methyl sites for hydroxylation is 2. The smallest absolute Gasteiger partial charge is 0.268 e. The molecule has 0 spiro atoms. The van der Waals surface area contributed by atoms with Crippen LogP contribution in [0.2, 0.25) is 0 Å². The number of benzene rings is 1. The molecule has 0 aliphatic carbocycles. The molecule has 3 rings (SSSR count). The van der Waals surface area contributed by atoms with Crippen molar-refractivity contribution >= 4 is 11.7 Å². The summed E-state index contributed by atoms with van der Waals surface area (Å²) in [5.74, 6) is -0.213. The van der Waals surface area contributed by atoms with Crippen LogP contribution in [-0.4, -0.2) is 54.4 Å². The van der Waals surface area contributed by atoms with Gasteiger partial charge in [-0.1, -0.05) is 29.8 Å². The second-order valence-corrected chi connectivity index (χ2v) is 7.47. The first kappa shape index (κ1) is 20.3. The van der Waals surface area contributed by atoms with Crippen molar-refractivity contribution < 1.29 is 14.3 Å². The molecule has 1 aromatic carbocycles. The number of aromatic nitrogens is 1. The summed E-state index contributed by atoms with van der Waals surface area (Å²) in [6.07, 6.45) is 0. The van der Waals surface area contributed by atoms with Crippen molar-refractivity contribution in [1.29, 1.82) is 0 Å². The van der Waals surface area contributed by atoms with Crippen molar-refractivity contribution in [3.63, 3.8) is 0 Å². The fourth-order valence-corrected chi connectivity index (χ4v) is 4.01. The monoisotopic (exact) mass is 383 g/mol. The predicted octanol–water partition coefficient (Wildman–Crippen LogP) is 2.95. The summed E-state index contributed by atoms with van der Waals surface area (Å²) in [4.78, 5) is 30.1. The van der Waals surface area contributed by atoms with Crippen LogP contribution in [0, 0.1) is 20.8 Å². The minimum Gasteiger partial charge on any atom is -0.379 e. The maximum absolute atomic E-state index is 12.8. The average Bonchev–Trinajstić information content (AvgIpc) is 2.97. The largest absolute Gasteiger partial charge is 0.379 e. The molecule has 1 aromatic heterocycles. The molecule has 0 saturated carbocycles. The van der Waals surface area contributed by atoms with Gasteiger partial charge in [0.2, 0.25) is 0 Å². The van der Waals surface area contributed by atoms with Crippen LogP contribution in [0.25, 0.3) is 0 Å². The highest BCUT2D eigenvalue weighted by molar-refractivity contribution is 6.02. The third-order valence-electron chi connectivity index (χ3n) is 5.39. The van der Waals surface area contributed by atoms with E-state index in [-0.39, 0.29) is 17.7 Å². The Bertz CT molecular complexity index is 866. The minimum absolute atomic E-state index is 0.0312. The number of amides is 1. The number of aromatic amines is 1. The molecular weight excluding hydrogens is 354 g/mol. The number of hydrogen-bond acceptors (Lipinski definition) is 4. The summed E-state index contributed by atoms with van der Waals surface area (Å²) in [5.41, 5.74) is 4.90. The summed E-state index contributed by atoms with van der Waals surface area (Å²) >= 11 is 0. The van der Waals surface area contributed by atoms with Gasteiger partial charge >= 0.3 is 0 Å². The van der Waals surface area contributed by atoms with Gasteiger partial charge in [-0.2, -0.15) is 0 Å². The first-order valence-electron chi connectivity index (χ1n) is 9.75. The molecule has 1 aliphatic rings. The van der Waals surface area contributed by atoms with E-state index in [9.17, 15) is 9.59 Å². The number of rotatable bonds is 6. The van der Waals surface area contributed by atoms with E-state index in [0.29, 0.717) is 36.6 Å². The van der Waals surface area contributed by atoms with Gasteiger partial charge in [-0.15, -0.1) is 0 Å². The Morgan fingerprint density at radius 1 is 1.21 bits per heavy atom. The summed E-state index contributed by atoms with van der Waals surface area (Å²) in [5, 5.41) is 3.07. The first-order valence-corrected chi connectivity index (χ1v) is 9.75. The van der Waals surface area contributed by atoms with Gasteiger partial charge in [0, 0.05) is 30.9 Å². The van der Waals surface area contributed by atoms with Crippen molar-refractivity contribution in [2.45, 2.75) is 33.7 Å². The highest BCUT2D eigenvalue weighted by Gasteiger charge is 2.25. The fourth-order valence-electron chi connectivity index (χ4n) is 4.01. The van der Waals surface area contributed by atoms with Gasteiger partial charge < -0.3 is 15.0 Å². The number of H-pyrrole nitrogens is 1. The number of ketones is 1. The van der Waals surface area contributed by atoms with E-state index >= 15 is 0 Å². The van der Waals surface area contributed by atoms with Crippen LogP contribution < -0.4 is 5.32 Å². The molecule has 2 aromatic rings. The Hall–Kier alpha value is -2.44. The van der Waals surface area contributed by atoms with Gasteiger partial charge in [-0.3, -0.25) is 14.5 Å². The van der Waals surface area contributed by atoms with Gasteiger partial charge in [-0.05, 0) is 38.8 Å². The quantitative estimate of drug-likeness (QED) is 0.752. The highest BCUT2D eigenvalue weighted by atomic mass is 16.5. The molecule has 0 bridgehead atoms. The lowest BCUT2D eigenvalue weighted by Gasteiger charge is -2.35. The molecular formula is C22H29N3O3. The second-order valence-electron chi connectivity index (χ2n) is 7.47. The Kier molecular flexibility index (Phi) is 6.31. The number of carbonyl (C=O) groups excluding carboxylic acids is 2. The highest BCUT2D eigenvalue weighted by Crippen LogP contribution is 2.23. The van der Waals surface area contributed by atoms with Gasteiger partial charge in [0.15, 0.2) is 5.78 Å². The molecule has 1 fully saturated rings. The van der Waals surface area contributed by atoms with Crippen molar-refractivity contribution in [2.75, 3.05) is 32.8 Å². The third-order valence-corrected chi connectivity index (χ3v) is 5.39. The fraction of sp³-hybridized carbons (Fsp3) is 0.455. The normalized spacial score (nSPS) is 16.0. The molecule has 28 heavy (non-hydrogen) atoms. The SMILES string of the molecule is CC(=O)c1c(C)[nH]c(C(=O)NCC(c2cccc(C)c2)N2CCOCC2)c1C. The van der Waals surface area contributed by atoms with Gasteiger partial charge in [0.1, 0.15) is 5.69 Å². The van der Waals surface area contributed by atoms with E-state index < -0.39 is 0 Å². The lowest BCUT2D eigenvalue weighted by atomic mass is 10.0. The van der Waals surface area contributed by atoms with Crippen LogP contribution in [0.15, 0.2) is 24.3 Å². The second kappa shape index (κ2) is 8.71. The molecule has 2 N–H and O–H groups in total. The van der Waals surface area contributed by atoms with Crippen molar-refractivity contribution in [3.05, 3.63) is 57.9 Å². The molecule has 6 nitrogen and oxygen atoms in total. The van der Waals surface area contributed by atoms with E-state index in [2.05, 4.69) is 46.4 Å². The molecule has 1 atom stereocenters. The Labute approximate surface area is 166 Å². The van der Waals surface area contributed by atoms with Crippen LogP contribution in [0.3, 0.4) is 0 Å². The molecule has 1 aliphatic heterocycles. The Morgan fingerprint density at radius 3 is 2.54 bits per heavy atom. The maximum Gasteiger partial charge on any atom is 0.268 e. The molecule has 1 amide bonds. The molecule has 6 heteroatoms. The number of Topliss-reactive ketones (excluding diaryl/α,β-unsaturated/α-hetero) is 1. The maximum atomic E-state index is 12.8. The zero-order valence-corrected chi connectivity index (χ0v) is 17.1. The van der Waals surface area contributed by atoms with Crippen molar-refractivity contribution in [3.8, 4) is 0 Å². The number of morpholine rings is 1. The van der Waals surface area contributed by atoms with E-state index in [1.807, 2.05) is 13.8 Å². The summed E-state index contributed by atoms with van der Waals surface area (Å²) in [6.45, 7) is 10.8. The van der Waals surface area contributed by atoms with Gasteiger partial charge in [-0.25, -0.2) is 0 Å². The third kappa shape index (κ3) is 4.34. The van der Waals surface area contributed by atoms with Crippen LogP contribution in [-0.2, 0) is 4.74 Å². The molecule has 0 radical (unpaired) electrons. The van der Waals surface area contributed by atoms with Crippen LogP contribution >= 0.6 is 0 Å². The number of hydrogen-bond donors (Lipinski definition) is 2. The first-order chi connectivity index (χ1) is 13.4. The topological polar surface area (TPSA) is 74.4 Å². The van der Waals surface area contributed by atoms with Crippen LogP contribution in [0.5, 0.6) is 0 Å². The molecule has 2 heterocycles.